The predicted molar refractivity (Wildman–Crippen MR) is 137 cm³/mol. The van der Waals surface area contributed by atoms with Crippen LogP contribution in [0.2, 0.25) is 0 Å². The molecule has 0 radical (unpaired) electrons. The van der Waals surface area contributed by atoms with Crippen LogP contribution >= 0.6 is 0 Å². The van der Waals surface area contributed by atoms with Crippen LogP contribution in [-0.4, -0.2) is 57.9 Å². The van der Waals surface area contributed by atoms with Gasteiger partial charge in [0, 0.05) is 40.2 Å². The van der Waals surface area contributed by atoms with E-state index in [1.54, 1.807) is 37.4 Å². The summed E-state index contributed by atoms with van der Waals surface area (Å²) >= 11 is 0. The third-order valence-electron chi connectivity index (χ3n) is 6.33. The minimum atomic E-state index is -0.695. The van der Waals surface area contributed by atoms with E-state index < -0.39 is 23.2 Å². The van der Waals surface area contributed by atoms with Gasteiger partial charge in [-0.2, -0.15) is 5.10 Å². The Morgan fingerprint density at radius 2 is 1.97 bits per heavy atom. The van der Waals surface area contributed by atoms with E-state index in [-0.39, 0.29) is 30.0 Å². The molecule has 5 rings (SSSR count). The summed E-state index contributed by atoms with van der Waals surface area (Å²) < 4.78 is 37.1. The fourth-order valence-corrected chi connectivity index (χ4v) is 4.44. The van der Waals surface area contributed by atoms with Gasteiger partial charge in [-0.05, 0) is 63.0 Å². The maximum Gasteiger partial charge on any atom is 0.355 e. The fourth-order valence-electron chi connectivity index (χ4n) is 4.44. The Bertz CT molecular complexity index is 1700. The number of fused-ring (bicyclic) bond motifs is 2. The van der Waals surface area contributed by atoms with E-state index >= 15 is 4.39 Å². The first-order valence-electron chi connectivity index (χ1n) is 11.7. The Balaban J connectivity index is 1.78. The highest BCUT2D eigenvalue weighted by Gasteiger charge is 2.28. The van der Waals surface area contributed by atoms with Gasteiger partial charge in [0.05, 0.1) is 23.8 Å². The molecule has 10 heteroatoms. The Morgan fingerprint density at radius 3 is 2.73 bits per heavy atom. The Kier molecular flexibility index (Phi) is 6.34. The molecule has 0 aliphatic carbocycles. The van der Waals surface area contributed by atoms with Crippen LogP contribution in [-0.2, 0) is 11.3 Å². The number of aromatic nitrogens is 4. The number of rotatable bonds is 7. The van der Waals surface area contributed by atoms with E-state index in [4.69, 9.17) is 4.74 Å². The Labute approximate surface area is 210 Å². The quantitative estimate of drug-likeness (QED) is 0.323. The molecule has 0 fully saturated rings. The van der Waals surface area contributed by atoms with Crippen molar-refractivity contribution < 1.29 is 18.3 Å². The Morgan fingerprint density at radius 1 is 1.16 bits per heavy atom. The van der Waals surface area contributed by atoms with Crippen LogP contribution < -0.4 is 5.56 Å². The van der Waals surface area contributed by atoms with Gasteiger partial charge in [-0.3, -0.25) is 9.89 Å². The molecule has 2 N–H and O–H groups in total. The molecule has 190 valence electrons. The van der Waals surface area contributed by atoms with Crippen molar-refractivity contribution in [3.05, 3.63) is 87.6 Å². The molecule has 2 aromatic carbocycles. The maximum atomic E-state index is 15.1. The van der Waals surface area contributed by atoms with Crippen molar-refractivity contribution >= 4 is 27.8 Å². The van der Waals surface area contributed by atoms with Gasteiger partial charge < -0.3 is 19.2 Å². The summed E-state index contributed by atoms with van der Waals surface area (Å²) in [5.41, 5.74) is 1.63. The summed E-state index contributed by atoms with van der Waals surface area (Å²) in [7, 11) is 3.69. The second-order valence-corrected chi connectivity index (χ2v) is 9.18. The van der Waals surface area contributed by atoms with Crippen LogP contribution in [0, 0.1) is 18.6 Å². The number of aryl methyl sites for hydroxylation is 1. The Hall–Kier alpha value is -4.31. The molecule has 0 aliphatic rings. The summed E-state index contributed by atoms with van der Waals surface area (Å²) in [6, 6.07) is 9.08. The molecule has 0 unspecified atom stereocenters. The molecule has 0 bridgehead atoms. The molecule has 0 spiro atoms. The van der Waals surface area contributed by atoms with E-state index in [1.165, 1.54) is 22.9 Å². The third-order valence-corrected chi connectivity index (χ3v) is 6.33. The van der Waals surface area contributed by atoms with E-state index in [2.05, 4.69) is 15.2 Å². The largest absolute Gasteiger partial charge is 0.460 e. The summed E-state index contributed by atoms with van der Waals surface area (Å²) in [5, 5.41) is 7.84. The van der Waals surface area contributed by atoms with Crippen LogP contribution in [0.1, 0.15) is 21.6 Å². The van der Waals surface area contributed by atoms with Crippen LogP contribution in [0.3, 0.4) is 0 Å². The number of likely N-dealkylation sites (N-methyl/N-ethyl adjacent to an activating group) is 1. The second-order valence-electron chi connectivity index (χ2n) is 9.18. The SMILES string of the molecule is Cc1cc2c(-c3ccc[nH]c3=O)c(C(=O)OCCN(C)C)n(Cc3cc4cn[nH]c4cc3F)c2cc1F. The van der Waals surface area contributed by atoms with Crippen LogP contribution in [0.4, 0.5) is 8.78 Å². The van der Waals surface area contributed by atoms with E-state index in [1.807, 2.05) is 19.0 Å². The number of aromatic amines is 2. The number of halogens is 2. The summed E-state index contributed by atoms with van der Waals surface area (Å²) in [5.74, 6) is -1.70. The molecule has 8 nitrogen and oxygen atoms in total. The van der Waals surface area contributed by atoms with Crippen molar-refractivity contribution in [3.63, 3.8) is 0 Å². The zero-order valence-electron chi connectivity index (χ0n) is 20.6. The van der Waals surface area contributed by atoms with Crippen molar-refractivity contribution in [2.24, 2.45) is 0 Å². The number of hydrogen-bond acceptors (Lipinski definition) is 5. The highest BCUT2D eigenvalue weighted by Crippen LogP contribution is 2.36. The second kappa shape index (κ2) is 9.62. The van der Waals surface area contributed by atoms with Gasteiger partial charge in [0.2, 0.25) is 0 Å². The molecule has 0 amide bonds. The molecule has 0 atom stereocenters. The number of benzene rings is 2. The van der Waals surface area contributed by atoms with Crippen molar-refractivity contribution in [2.45, 2.75) is 13.5 Å². The number of carbonyl (C=O) groups is 1. The number of nitrogens with one attached hydrogen (secondary N) is 2. The standard InChI is InChI=1S/C27H25F2N5O3/c1-15-9-19-23(12-20(15)28)34(14-17-10-16-13-31-32-22(16)11-21(17)29)25(27(36)37-8-7-33(2)3)24(19)18-5-4-6-30-26(18)35/h4-6,9-13H,7-8,14H2,1-3H3,(H,30,35)(H,31,32). The van der Waals surface area contributed by atoms with Crippen LogP contribution in [0.15, 0.2) is 53.6 Å². The summed E-state index contributed by atoms with van der Waals surface area (Å²) in [4.78, 5) is 30.9. The lowest BCUT2D eigenvalue weighted by Gasteiger charge is -2.14. The number of ether oxygens (including phenoxy) is 1. The maximum absolute atomic E-state index is 15.1. The van der Waals surface area contributed by atoms with Gasteiger partial charge in [-0.1, -0.05) is 0 Å². The molecule has 0 aliphatic heterocycles. The van der Waals surface area contributed by atoms with Crippen LogP contribution in [0.5, 0.6) is 0 Å². The lowest BCUT2D eigenvalue weighted by molar-refractivity contribution is 0.0471. The first kappa shape index (κ1) is 24.4. The average molecular weight is 506 g/mol. The van der Waals surface area contributed by atoms with Gasteiger partial charge in [0.15, 0.2) is 0 Å². The number of nitrogens with zero attached hydrogens (tertiary/aromatic N) is 3. The molecule has 3 aromatic heterocycles. The van der Waals surface area contributed by atoms with E-state index in [0.29, 0.717) is 39.5 Å². The highest BCUT2D eigenvalue weighted by molar-refractivity contribution is 6.09. The minimum absolute atomic E-state index is 0.0437. The first-order valence-corrected chi connectivity index (χ1v) is 11.7. The van der Waals surface area contributed by atoms with Crippen molar-refractivity contribution in [3.8, 4) is 11.1 Å². The third kappa shape index (κ3) is 4.51. The number of H-pyrrole nitrogens is 2. The van der Waals surface area contributed by atoms with E-state index in [0.717, 1.165) is 0 Å². The number of carbonyl (C=O) groups excluding carboxylic acids is 1. The summed E-state index contributed by atoms with van der Waals surface area (Å²) in [6.45, 7) is 2.08. The molecular weight excluding hydrogens is 480 g/mol. The lowest BCUT2D eigenvalue weighted by Crippen LogP contribution is -2.22. The van der Waals surface area contributed by atoms with Gasteiger partial charge in [0.1, 0.15) is 23.9 Å². The average Bonchev–Trinajstić information content (AvgIpc) is 3.42. The van der Waals surface area contributed by atoms with E-state index in [9.17, 15) is 14.0 Å². The number of esters is 1. The first-order chi connectivity index (χ1) is 17.7. The van der Waals surface area contributed by atoms with Gasteiger partial charge in [-0.25, -0.2) is 13.6 Å². The fraction of sp³-hybridized carbons (Fsp3) is 0.222. The van der Waals surface area contributed by atoms with Crippen molar-refractivity contribution in [1.82, 2.24) is 24.6 Å². The highest BCUT2D eigenvalue weighted by atomic mass is 19.1. The predicted octanol–water partition coefficient (Wildman–Crippen LogP) is 4.23. The molecule has 0 saturated carbocycles. The smallest absolute Gasteiger partial charge is 0.355 e. The van der Waals surface area contributed by atoms with Crippen molar-refractivity contribution in [2.75, 3.05) is 27.2 Å². The molecule has 37 heavy (non-hydrogen) atoms. The molecular formula is C27H25F2N5O3. The zero-order valence-corrected chi connectivity index (χ0v) is 20.6. The lowest BCUT2D eigenvalue weighted by atomic mass is 10.0. The van der Waals surface area contributed by atoms with Gasteiger partial charge in [-0.15, -0.1) is 0 Å². The number of pyridine rings is 1. The summed E-state index contributed by atoms with van der Waals surface area (Å²) in [6.07, 6.45) is 3.06. The zero-order chi connectivity index (χ0) is 26.3. The molecule has 0 saturated heterocycles. The number of hydrogen-bond donors (Lipinski definition) is 2. The normalized spacial score (nSPS) is 11.6. The van der Waals surface area contributed by atoms with Gasteiger partial charge >= 0.3 is 5.97 Å². The molecule has 3 heterocycles. The monoisotopic (exact) mass is 505 g/mol. The van der Waals surface area contributed by atoms with Gasteiger partial charge in [0.25, 0.3) is 5.56 Å². The molecule has 5 aromatic rings. The van der Waals surface area contributed by atoms with Crippen molar-refractivity contribution in [1.29, 1.82) is 0 Å². The van der Waals surface area contributed by atoms with Crippen LogP contribution in [0.25, 0.3) is 32.9 Å². The topological polar surface area (TPSA) is 96.0 Å². The minimum Gasteiger partial charge on any atom is -0.460 e.